The number of carbonyl (C=O) groups excluding carboxylic acids is 1. The molecule has 4 fully saturated rings. The molecule has 1 aromatic heterocycles. The quantitative estimate of drug-likeness (QED) is 0.350. The second-order valence-corrected chi connectivity index (χ2v) is 13.0. The first-order valence-corrected chi connectivity index (χ1v) is 15.5. The summed E-state index contributed by atoms with van der Waals surface area (Å²) >= 11 is 6.41. The molecular formula is C32H33ClF3N5O3. The number of carboxylic acids is 1. The van der Waals surface area contributed by atoms with Crippen molar-refractivity contribution in [1.29, 1.82) is 0 Å². The molecule has 232 valence electrons. The Morgan fingerprint density at radius 1 is 0.977 bits per heavy atom. The first-order chi connectivity index (χ1) is 21.0. The number of piperidine rings is 1. The second kappa shape index (κ2) is 10.7. The van der Waals surface area contributed by atoms with Crippen LogP contribution in [-0.2, 0) is 11.0 Å². The van der Waals surface area contributed by atoms with Crippen molar-refractivity contribution < 1.29 is 27.9 Å². The van der Waals surface area contributed by atoms with Gasteiger partial charge in [-0.25, -0.2) is 4.79 Å². The van der Waals surface area contributed by atoms with Crippen molar-refractivity contribution in [1.82, 2.24) is 14.7 Å². The van der Waals surface area contributed by atoms with Crippen LogP contribution in [0, 0.1) is 11.3 Å². The molecule has 1 N–H and O–H groups in total. The fourth-order valence-electron chi connectivity index (χ4n) is 7.13. The van der Waals surface area contributed by atoms with Crippen LogP contribution in [0.1, 0.15) is 54.2 Å². The van der Waals surface area contributed by atoms with Crippen molar-refractivity contribution in [3.05, 3.63) is 64.9 Å². The average Bonchev–Trinajstić information content (AvgIpc) is 3.90. The van der Waals surface area contributed by atoms with E-state index in [1.807, 2.05) is 34.1 Å². The van der Waals surface area contributed by atoms with Crippen LogP contribution in [0.15, 0.2) is 48.7 Å². The van der Waals surface area contributed by atoms with Crippen molar-refractivity contribution in [2.75, 3.05) is 49.1 Å². The lowest BCUT2D eigenvalue weighted by molar-refractivity contribution is -0.145. The minimum absolute atomic E-state index is 0.222. The van der Waals surface area contributed by atoms with Crippen molar-refractivity contribution in [3.8, 4) is 11.1 Å². The topological polar surface area (TPSA) is 81.9 Å². The molecule has 1 spiro atoms. The van der Waals surface area contributed by atoms with E-state index in [9.17, 15) is 27.9 Å². The van der Waals surface area contributed by atoms with E-state index in [2.05, 4.69) is 22.1 Å². The van der Waals surface area contributed by atoms with E-state index in [-0.39, 0.29) is 12.5 Å². The number of halogens is 4. The van der Waals surface area contributed by atoms with E-state index in [0.29, 0.717) is 35.7 Å². The second-order valence-electron chi connectivity index (χ2n) is 12.5. The minimum atomic E-state index is -4.85. The molecule has 2 aromatic carbocycles. The van der Waals surface area contributed by atoms with Gasteiger partial charge in [0.15, 0.2) is 5.69 Å². The molecule has 2 saturated carbocycles. The van der Waals surface area contributed by atoms with Crippen LogP contribution in [0.4, 0.5) is 24.5 Å². The Bertz CT molecular complexity index is 1600. The molecule has 4 aliphatic rings. The molecule has 2 unspecified atom stereocenters. The number of alkyl halides is 3. The molecule has 2 saturated heterocycles. The van der Waals surface area contributed by atoms with Gasteiger partial charge in [-0.05, 0) is 67.3 Å². The SMILES string of the molecule is O=C(O)c1cnn(C2CCCN(c3cc(Cl)ccc3-c3ccc(N4CCN(C(=O)C5CC56CC6)CC4)cc3)C2)c1C(F)(F)F. The van der Waals surface area contributed by atoms with Gasteiger partial charge in [0.2, 0.25) is 5.91 Å². The summed E-state index contributed by atoms with van der Waals surface area (Å²) in [5, 5.41) is 13.7. The minimum Gasteiger partial charge on any atom is -0.478 e. The number of aromatic carboxylic acids is 1. The third-order valence-corrected chi connectivity index (χ3v) is 10.1. The highest BCUT2D eigenvalue weighted by atomic mass is 35.5. The molecule has 1 amide bonds. The number of carboxylic acid groups (broad SMARTS) is 1. The predicted molar refractivity (Wildman–Crippen MR) is 160 cm³/mol. The fraction of sp³-hybridized carbons (Fsp3) is 0.469. The van der Waals surface area contributed by atoms with Gasteiger partial charge in [0.25, 0.3) is 0 Å². The number of hydrogen-bond acceptors (Lipinski definition) is 5. The molecule has 8 nitrogen and oxygen atoms in total. The average molecular weight is 628 g/mol. The zero-order chi connectivity index (χ0) is 30.8. The summed E-state index contributed by atoms with van der Waals surface area (Å²) in [7, 11) is 0. The maximum atomic E-state index is 13.9. The number of piperazine rings is 1. The number of rotatable bonds is 6. The highest BCUT2D eigenvalue weighted by Crippen LogP contribution is 2.71. The van der Waals surface area contributed by atoms with Gasteiger partial charge in [-0.15, -0.1) is 0 Å². The number of benzene rings is 2. The molecular weight excluding hydrogens is 595 g/mol. The predicted octanol–water partition coefficient (Wildman–Crippen LogP) is 6.21. The highest BCUT2D eigenvalue weighted by Gasteiger charge is 2.66. The summed E-state index contributed by atoms with van der Waals surface area (Å²) in [6.45, 7) is 3.85. The van der Waals surface area contributed by atoms with Gasteiger partial charge < -0.3 is 19.8 Å². The lowest BCUT2D eigenvalue weighted by Crippen LogP contribution is -2.49. The van der Waals surface area contributed by atoms with Gasteiger partial charge in [-0.3, -0.25) is 9.48 Å². The summed E-state index contributed by atoms with van der Waals surface area (Å²) in [6.07, 6.45) is 0.456. The van der Waals surface area contributed by atoms with E-state index >= 15 is 0 Å². The molecule has 7 rings (SSSR count). The van der Waals surface area contributed by atoms with Crippen molar-refractivity contribution in [3.63, 3.8) is 0 Å². The normalized spacial score (nSPS) is 22.8. The molecule has 2 aliphatic carbocycles. The Kier molecular flexibility index (Phi) is 7.06. The first-order valence-electron chi connectivity index (χ1n) is 15.1. The summed E-state index contributed by atoms with van der Waals surface area (Å²) < 4.78 is 42.6. The Labute approximate surface area is 258 Å². The van der Waals surface area contributed by atoms with Crippen molar-refractivity contribution >= 4 is 34.9 Å². The van der Waals surface area contributed by atoms with Crippen molar-refractivity contribution in [2.24, 2.45) is 11.3 Å². The van der Waals surface area contributed by atoms with E-state index in [0.717, 1.165) is 66.0 Å². The van der Waals surface area contributed by atoms with Gasteiger partial charge in [0.05, 0.1) is 12.2 Å². The summed E-state index contributed by atoms with van der Waals surface area (Å²) in [4.78, 5) is 30.7. The molecule has 2 atom stereocenters. The third-order valence-electron chi connectivity index (χ3n) is 9.85. The lowest BCUT2D eigenvalue weighted by Gasteiger charge is -2.37. The largest absolute Gasteiger partial charge is 0.478 e. The molecule has 2 aliphatic heterocycles. The molecule has 0 bridgehead atoms. The zero-order valence-corrected chi connectivity index (χ0v) is 24.8. The van der Waals surface area contributed by atoms with Crippen LogP contribution in [0.3, 0.4) is 0 Å². The fourth-order valence-corrected chi connectivity index (χ4v) is 7.30. The van der Waals surface area contributed by atoms with E-state index in [1.165, 1.54) is 12.8 Å². The number of carbonyl (C=O) groups is 2. The van der Waals surface area contributed by atoms with E-state index in [1.54, 1.807) is 6.07 Å². The monoisotopic (exact) mass is 627 g/mol. The van der Waals surface area contributed by atoms with Crippen LogP contribution in [-0.4, -0.2) is 70.9 Å². The molecule has 0 radical (unpaired) electrons. The number of amides is 1. The lowest BCUT2D eigenvalue weighted by atomic mass is 9.99. The number of anilines is 2. The van der Waals surface area contributed by atoms with Gasteiger partial charge in [-0.1, -0.05) is 29.8 Å². The van der Waals surface area contributed by atoms with Gasteiger partial charge in [-0.2, -0.15) is 18.3 Å². The Balaban J connectivity index is 1.08. The first kappa shape index (κ1) is 29.0. The van der Waals surface area contributed by atoms with Gasteiger partial charge in [0.1, 0.15) is 5.56 Å². The Morgan fingerprint density at radius 2 is 1.70 bits per heavy atom. The molecule has 3 aromatic rings. The van der Waals surface area contributed by atoms with Crippen LogP contribution < -0.4 is 9.80 Å². The molecule has 44 heavy (non-hydrogen) atoms. The van der Waals surface area contributed by atoms with Crippen molar-refractivity contribution in [2.45, 2.75) is 44.3 Å². The third kappa shape index (κ3) is 5.29. The summed E-state index contributed by atoms with van der Waals surface area (Å²) in [5.41, 5.74) is 2.02. The van der Waals surface area contributed by atoms with E-state index < -0.39 is 29.4 Å². The van der Waals surface area contributed by atoms with Gasteiger partial charge in [0, 0.05) is 67.1 Å². The highest BCUT2D eigenvalue weighted by molar-refractivity contribution is 6.31. The molecule has 3 heterocycles. The molecule has 12 heteroatoms. The number of nitrogens with zero attached hydrogens (tertiary/aromatic N) is 5. The Morgan fingerprint density at radius 3 is 2.34 bits per heavy atom. The smallest absolute Gasteiger partial charge is 0.433 e. The number of aromatic nitrogens is 2. The maximum absolute atomic E-state index is 13.9. The summed E-state index contributed by atoms with van der Waals surface area (Å²) in [6, 6.07) is 13.1. The maximum Gasteiger partial charge on any atom is 0.433 e. The van der Waals surface area contributed by atoms with Crippen LogP contribution >= 0.6 is 11.6 Å². The van der Waals surface area contributed by atoms with Gasteiger partial charge >= 0.3 is 12.1 Å². The van der Waals surface area contributed by atoms with E-state index in [4.69, 9.17) is 11.6 Å². The standard InChI is InChI=1S/C32H33ClF3N5O3/c33-21-5-8-24(20-3-6-22(7-4-20)38-12-14-39(15-13-38)29(42)26-17-31(26)9-10-31)27(16-21)40-11-1-2-23(19-40)41-28(32(34,35)36)25(18-37-41)30(43)44/h3-8,16,18,23,26H,1-2,9-15,17,19H2,(H,43,44). The summed E-state index contributed by atoms with van der Waals surface area (Å²) in [5.74, 6) is -1.07. The van der Waals surface area contributed by atoms with Crippen LogP contribution in [0.5, 0.6) is 0 Å². The van der Waals surface area contributed by atoms with Crippen LogP contribution in [0.25, 0.3) is 11.1 Å². The Hall–Kier alpha value is -3.73. The number of hydrogen-bond donors (Lipinski definition) is 1. The van der Waals surface area contributed by atoms with Crippen LogP contribution in [0.2, 0.25) is 5.02 Å². The zero-order valence-electron chi connectivity index (χ0n) is 24.1.